The van der Waals surface area contributed by atoms with Gasteiger partial charge in [-0.3, -0.25) is 14.6 Å². The van der Waals surface area contributed by atoms with Crippen LogP contribution in [0.15, 0.2) is 42.5 Å². The van der Waals surface area contributed by atoms with Gasteiger partial charge in [0.25, 0.3) is 0 Å². The van der Waals surface area contributed by atoms with E-state index in [-0.39, 0.29) is 60.9 Å². The third-order valence-electron chi connectivity index (χ3n) is 4.91. The summed E-state index contributed by atoms with van der Waals surface area (Å²) in [6.07, 6.45) is -3.82. The number of methoxy groups -OCH3 is 1. The molecule has 0 saturated carbocycles. The second-order valence-corrected chi connectivity index (χ2v) is 7.13. The van der Waals surface area contributed by atoms with Crippen LogP contribution >= 0.6 is 0 Å². The lowest BCUT2D eigenvalue weighted by atomic mass is 9.98. The van der Waals surface area contributed by atoms with Gasteiger partial charge in [0, 0.05) is 50.1 Å². The first-order valence-electron chi connectivity index (χ1n) is 15.4. The number of ether oxygens (including phenoxy) is 2. The molecule has 1 aliphatic rings. The van der Waals surface area contributed by atoms with Crippen molar-refractivity contribution in [3.8, 4) is 11.5 Å². The monoisotopic (exact) mass is 437 g/mol. The zero-order valence-electron chi connectivity index (χ0n) is 28.4. The molecule has 1 aliphatic heterocycles. The van der Waals surface area contributed by atoms with Gasteiger partial charge in [-0.05, 0) is 42.5 Å². The number of β-amino-alcohol motifs (C(OH)–C–C–N with tert-alkyl or cyclic N) is 1. The normalized spacial score (nSPS) is 24.1. The molecule has 1 unspecified atom stereocenters. The van der Waals surface area contributed by atoms with E-state index >= 15 is 0 Å². The van der Waals surface area contributed by atoms with Crippen LogP contribution in [0.25, 0.3) is 0 Å². The molecular formula is C25H34N2O4. The van der Waals surface area contributed by atoms with Crippen LogP contribution in [0.4, 0.5) is 0 Å². The molecule has 0 aliphatic carbocycles. The van der Waals surface area contributed by atoms with E-state index in [9.17, 15) is 9.90 Å². The summed E-state index contributed by atoms with van der Waals surface area (Å²) in [5.41, 5.74) is -0.474. The lowest BCUT2D eigenvalue weighted by Crippen LogP contribution is -2.50. The summed E-state index contributed by atoms with van der Waals surface area (Å²) in [5, 5.41) is 10.9. The number of para-hydroxylation sites is 2. The average Bonchev–Trinajstić information content (AvgIpc) is 2.87. The molecular weight excluding hydrogens is 392 g/mol. The minimum atomic E-state index is -3.40. The number of rotatable bonds is 10. The number of hydrogen-bond donors (Lipinski definition) is 1. The van der Waals surface area contributed by atoms with E-state index < -0.39 is 45.0 Å². The van der Waals surface area contributed by atoms with Crippen molar-refractivity contribution in [1.82, 2.24) is 9.80 Å². The van der Waals surface area contributed by atoms with Crippen LogP contribution < -0.4 is 9.47 Å². The van der Waals surface area contributed by atoms with E-state index in [2.05, 4.69) is 0 Å². The molecule has 0 amide bonds. The number of Topliss-reactive ketones (excluding diaryl/α,β-unsaturated/α-hetero) is 1. The lowest BCUT2D eigenvalue weighted by Gasteiger charge is -2.35. The molecule has 6 heteroatoms. The smallest absolute Gasteiger partial charge is 0.161 e. The van der Waals surface area contributed by atoms with Crippen molar-refractivity contribution in [2.75, 3.05) is 52.9 Å². The van der Waals surface area contributed by atoms with Crippen molar-refractivity contribution in [1.29, 1.82) is 0 Å². The molecule has 0 bridgehead atoms. The molecule has 6 nitrogen and oxygen atoms in total. The van der Waals surface area contributed by atoms with Crippen LogP contribution in [0.5, 0.6) is 11.5 Å². The van der Waals surface area contributed by atoms with Crippen LogP contribution in [0, 0.1) is 13.7 Å². The van der Waals surface area contributed by atoms with Crippen molar-refractivity contribution in [3.63, 3.8) is 0 Å². The van der Waals surface area contributed by atoms with E-state index in [0.29, 0.717) is 0 Å². The molecule has 0 radical (unpaired) electrons. The van der Waals surface area contributed by atoms with Gasteiger partial charge in [0.2, 0.25) is 0 Å². The second kappa shape index (κ2) is 11.3. The molecule has 0 spiro atoms. The van der Waals surface area contributed by atoms with E-state index in [4.69, 9.17) is 24.6 Å². The van der Waals surface area contributed by atoms with Gasteiger partial charge in [0.1, 0.15) is 12.6 Å². The first-order valence-corrected chi connectivity index (χ1v) is 9.89. The fraction of sp³-hybridized carbons (Fsp3) is 0.480. The number of nitrogens with zero attached hydrogens (tertiary/aromatic N) is 2. The van der Waals surface area contributed by atoms with E-state index in [1.165, 1.54) is 43.5 Å². The standard InChI is InChI=1S/C25H34N2O4/c1-19-7-6-8-20(2)23(19)15-21(28)16-26-11-13-27(14-12-26)17-22(29)18-31-25-10-5-4-9-24(25)30-3/h4-10,22,29H,11-18H2,1-3H3/i1D3,2D3,17D2,18D2,22D. The first kappa shape index (κ1) is 12.6. The summed E-state index contributed by atoms with van der Waals surface area (Å²) in [6.45, 7) is -11.5. The minimum absolute atomic E-state index is 0.0611. The molecule has 1 N–H and O–H groups in total. The lowest BCUT2D eigenvalue weighted by molar-refractivity contribution is -0.120. The molecule has 31 heavy (non-hydrogen) atoms. The zero-order chi connectivity index (χ0) is 31.7. The fourth-order valence-corrected chi connectivity index (χ4v) is 3.28. The number of aliphatic hydroxyl groups is 1. The number of carbonyl (C=O) groups excluding carboxylic acids is 1. The number of carbonyl (C=O) groups is 1. The van der Waals surface area contributed by atoms with E-state index in [1.807, 2.05) is 0 Å². The summed E-state index contributed by atoms with van der Waals surface area (Å²) in [6, 6.07) is 9.87. The summed E-state index contributed by atoms with van der Waals surface area (Å²) < 4.78 is 98.7. The van der Waals surface area contributed by atoms with Crippen LogP contribution in [0.1, 0.15) is 31.8 Å². The highest BCUT2D eigenvalue weighted by atomic mass is 16.5. The summed E-state index contributed by atoms with van der Waals surface area (Å²) in [7, 11) is 1.33. The van der Waals surface area contributed by atoms with Crippen molar-refractivity contribution in [2.45, 2.75) is 26.2 Å². The van der Waals surface area contributed by atoms with Crippen LogP contribution in [0.3, 0.4) is 0 Å². The van der Waals surface area contributed by atoms with E-state index in [1.54, 1.807) is 11.0 Å². The Balaban J connectivity index is 1.69. The Morgan fingerprint density at radius 2 is 1.74 bits per heavy atom. The number of aryl methyl sites for hydroxylation is 2. The fourth-order valence-electron chi connectivity index (χ4n) is 3.28. The Hall–Kier alpha value is -2.41. The predicted molar refractivity (Wildman–Crippen MR) is 122 cm³/mol. The summed E-state index contributed by atoms with van der Waals surface area (Å²) in [4.78, 5) is 15.7. The number of hydrogen-bond acceptors (Lipinski definition) is 6. The molecule has 1 atom stereocenters. The van der Waals surface area contributed by atoms with Crippen molar-refractivity contribution < 1.29 is 34.5 Å². The Morgan fingerprint density at radius 3 is 2.39 bits per heavy atom. The maximum atomic E-state index is 13.0. The zero-order valence-corrected chi connectivity index (χ0v) is 17.4. The highest BCUT2D eigenvalue weighted by Crippen LogP contribution is 2.25. The number of piperazine rings is 1. The molecule has 1 fully saturated rings. The van der Waals surface area contributed by atoms with Gasteiger partial charge >= 0.3 is 0 Å². The van der Waals surface area contributed by atoms with Crippen molar-refractivity contribution in [3.05, 3.63) is 59.2 Å². The van der Waals surface area contributed by atoms with Gasteiger partial charge in [-0.1, -0.05) is 30.3 Å². The summed E-state index contributed by atoms with van der Waals surface area (Å²) in [5.74, 6) is -0.438. The van der Waals surface area contributed by atoms with Crippen molar-refractivity contribution in [2.24, 2.45) is 0 Å². The highest BCUT2D eigenvalue weighted by Gasteiger charge is 2.21. The topological polar surface area (TPSA) is 62.2 Å². The van der Waals surface area contributed by atoms with Gasteiger partial charge in [-0.2, -0.15) is 0 Å². The highest BCUT2D eigenvalue weighted by molar-refractivity contribution is 5.83. The quantitative estimate of drug-likeness (QED) is 0.616. The van der Waals surface area contributed by atoms with Crippen LogP contribution in [0.2, 0.25) is 0 Å². The van der Waals surface area contributed by atoms with Crippen LogP contribution in [-0.2, 0) is 11.2 Å². The Kier molecular flexibility index (Phi) is 4.58. The molecule has 168 valence electrons. The van der Waals surface area contributed by atoms with E-state index in [0.717, 1.165) is 4.90 Å². The second-order valence-electron chi connectivity index (χ2n) is 7.13. The van der Waals surface area contributed by atoms with Gasteiger partial charge in [0.15, 0.2) is 17.3 Å². The van der Waals surface area contributed by atoms with Gasteiger partial charge in [-0.15, -0.1) is 0 Å². The Morgan fingerprint density at radius 1 is 1.10 bits per heavy atom. The molecule has 2 aromatic rings. The predicted octanol–water partition coefficient (Wildman–Crippen LogP) is 2.48. The maximum absolute atomic E-state index is 13.0. The molecule has 1 heterocycles. The molecule has 3 rings (SSSR count). The SMILES string of the molecule is [2H]C([2H])([2H])c1cccc(C([2H])([2H])[2H])c1CC(=O)CN1CCN(C([2H])([2H])C([2H])(O)C([2H])([2H])Oc2ccccc2OC)CC1. The number of benzene rings is 2. The third-order valence-corrected chi connectivity index (χ3v) is 4.91. The third kappa shape index (κ3) is 6.79. The van der Waals surface area contributed by atoms with Crippen molar-refractivity contribution >= 4 is 5.78 Å². The first-order chi connectivity index (χ1) is 19.2. The molecule has 0 aromatic heterocycles. The Bertz CT molecular complexity index is 1230. The largest absolute Gasteiger partial charge is 0.493 e. The number of ketones is 1. The Labute approximate surface area is 200 Å². The van der Waals surface area contributed by atoms with Crippen LogP contribution in [-0.4, -0.2) is 79.7 Å². The maximum Gasteiger partial charge on any atom is 0.161 e. The van der Waals surface area contributed by atoms with Gasteiger partial charge in [0.05, 0.1) is 17.8 Å². The summed E-state index contributed by atoms with van der Waals surface area (Å²) >= 11 is 0. The molecule has 2 aromatic carbocycles. The average molecular weight is 438 g/mol. The van der Waals surface area contributed by atoms with Gasteiger partial charge in [-0.25, -0.2) is 0 Å². The van der Waals surface area contributed by atoms with Gasteiger partial charge < -0.3 is 14.6 Å². The minimum Gasteiger partial charge on any atom is -0.493 e. The molecule has 1 saturated heterocycles.